The van der Waals surface area contributed by atoms with Crippen LogP contribution in [0.3, 0.4) is 0 Å². The Hall–Kier alpha value is -9.24. The van der Waals surface area contributed by atoms with Crippen LogP contribution in [-0.4, -0.2) is 278 Å². The lowest BCUT2D eigenvalue weighted by Crippen LogP contribution is -2.61. The summed E-state index contributed by atoms with van der Waals surface area (Å²) in [4.78, 5) is 234. The number of nitrogens with one attached hydrogen (secondary N) is 17. The molecule has 1 aromatic rings. The fourth-order valence-electron chi connectivity index (χ4n) is 9.43. The molecule has 592 valence electrons. The number of benzene rings is 1. The lowest BCUT2D eigenvalue weighted by atomic mass is 9.97. The van der Waals surface area contributed by atoms with Gasteiger partial charge in [-0.15, -0.1) is 0 Å². The Morgan fingerprint density at radius 2 is 0.811 bits per heavy atom. The zero-order valence-corrected chi connectivity index (χ0v) is 62.6. The van der Waals surface area contributed by atoms with E-state index in [2.05, 4.69) is 141 Å². The minimum atomic E-state index is -1.68. The summed E-state index contributed by atoms with van der Waals surface area (Å²) in [6, 6.07) is -13.2. The third-order valence-corrected chi connectivity index (χ3v) is 17.3. The number of aromatic hydroxyl groups is 1. The van der Waals surface area contributed by atoms with E-state index in [1.165, 1.54) is 52.0 Å². The van der Waals surface area contributed by atoms with E-state index in [9.17, 15) is 107 Å². The van der Waals surface area contributed by atoms with Gasteiger partial charge in [-0.25, -0.2) is 4.79 Å². The first-order chi connectivity index (χ1) is 49.8. The van der Waals surface area contributed by atoms with Crippen LogP contribution in [0.4, 0.5) is 0 Å². The van der Waals surface area contributed by atoms with Crippen molar-refractivity contribution >= 4 is 157 Å². The highest BCUT2D eigenvalue weighted by molar-refractivity contribution is 7.80. The third-order valence-electron chi connectivity index (χ3n) is 15.9. The molecule has 1 aliphatic rings. The standard InChI is InChI=1S/C62H97N17O23S4/c1-8-27(2)47(78-54(93)36(15-16-46(87)88)74-57(96)40(25-105)76-61(100)49(32(7)81)77-45(86)22-65-53(92)35-10-9-17-63-35)59(98)66-20-43(84)71-38(23-103)56(95)70-30(5)52(91)75-37(18-33-11-13-34(82)14-12-33)55(94)69-29(4)51(90)68-28(3)50(89)64-19-42(83)72-39(24-104)58(97)79-48(31(6)80)60(99)67-21-44(85)73-41(26-106)62(101)102/h11-14,27-32,35-41,47-49,63,80-82,103-106H,8-10,15-26H2,1-7H3,(H,64,89)(H,65,92)(H,66,98)(H,67,99)(H,68,90)(H,69,94)(H,70,95)(H,71,84)(H,72,83)(H,73,85)(H,74,96)(H,75,91)(H,76,100)(H,77,86)(H,78,93)(H,79,97)(H,87,88)(H,101,102)/t27-,28-,29-,30-,31+,32+,35-,36-,37-,38-,39-,40-,41-,47-,48-,49-/m0/s1. The zero-order valence-electron chi connectivity index (χ0n) is 59.0. The maximum atomic E-state index is 13.9. The molecule has 16 amide bonds. The first kappa shape index (κ1) is 92.8. The lowest BCUT2D eigenvalue weighted by molar-refractivity contribution is -0.141. The average molecular weight is 1580 g/mol. The summed E-state index contributed by atoms with van der Waals surface area (Å²) in [5, 5.41) is 89.2. The van der Waals surface area contributed by atoms with Gasteiger partial charge in [0.15, 0.2) is 0 Å². The SMILES string of the molecule is CC[C@H](C)[C@H](NC(=O)[C@H](CCC(=O)O)NC(=O)[C@H](CS)NC(=O)[C@@H](NC(=O)CNC(=O)[C@@H]1CCCN1)[C@@H](C)O)C(=O)NCC(=O)N[C@@H](CS)C(=O)N[C@@H](C)C(=O)N[C@@H](Cc1ccc(O)cc1)C(=O)N[C@@H](C)C(=O)N[C@@H](C)C(=O)NCC(=O)N[C@@H](CS)C(=O)N[C@H](C(=O)NCC(=O)N[C@@H](CS)C(=O)O)[C@@H](C)O. The Labute approximate surface area is 631 Å². The molecule has 1 aliphatic heterocycles. The summed E-state index contributed by atoms with van der Waals surface area (Å²) in [5.41, 5.74) is 0.388. The van der Waals surface area contributed by atoms with E-state index in [4.69, 9.17) is 5.11 Å². The van der Waals surface area contributed by atoms with Crippen LogP contribution >= 0.6 is 50.5 Å². The second kappa shape index (κ2) is 47.3. The molecule has 0 aromatic heterocycles. The quantitative estimate of drug-likeness (QED) is 0.0270. The van der Waals surface area contributed by atoms with Crippen LogP contribution in [0.5, 0.6) is 5.75 Å². The number of phenols is 1. The molecule has 106 heavy (non-hydrogen) atoms. The van der Waals surface area contributed by atoms with Gasteiger partial charge in [-0.1, -0.05) is 32.4 Å². The molecule has 0 bridgehead atoms. The molecule has 0 unspecified atom stereocenters. The van der Waals surface area contributed by atoms with Gasteiger partial charge in [-0.2, -0.15) is 50.5 Å². The van der Waals surface area contributed by atoms with Crippen LogP contribution in [0.2, 0.25) is 0 Å². The van der Waals surface area contributed by atoms with Gasteiger partial charge in [-0.3, -0.25) is 81.5 Å². The molecule has 2 rings (SSSR count). The number of hydrogen-bond donors (Lipinski definition) is 26. The largest absolute Gasteiger partial charge is 0.508 e. The third kappa shape index (κ3) is 33.1. The molecule has 1 fully saturated rings. The molecule has 0 radical (unpaired) electrons. The molecule has 0 spiro atoms. The number of carboxylic acids is 2. The Kier molecular flexibility index (Phi) is 41.5. The van der Waals surface area contributed by atoms with Crippen molar-refractivity contribution in [1.29, 1.82) is 0 Å². The number of aliphatic carboxylic acids is 2. The number of carbonyl (C=O) groups is 18. The van der Waals surface area contributed by atoms with E-state index in [0.29, 0.717) is 18.5 Å². The van der Waals surface area contributed by atoms with E-state index < -0.39 is 248 Å². The van der Waals surface area contributed by atoms with Gasteiger partial charge in [0.2, 0.25) is 94.5 Å². The molecule has 22 N–H and O–H groups in total. The average Bonchev–Trinajstić information content (AvgIpc) is 1.17. The van der Waals surface area contributed by atoms with Crippen molar-refractivity contribution in [3.8, 4) is 5.75 Å². The summed E-state index contributed by atoms with van der Waals surface area (Å²) in [5.74, 6) is -20.2. The van der Waals surface area contributed by atoms with Gasteiger partial charge in [0.1, 0.15) is 78.3 Å². The lowest BCUT2D eigenvalue weighted by Gasteiger charge is -2.28. The second-order valence-corrected chi connectivity index (χ2v) is 26.0. The number of aliphatic hydroxyl groups is 2. The maximum Gasteiger partial charge on any atom is 0.327 e. The maximum absolute atomic E-state index is 13.9. The van der Waals surface area contributed by atoms with Crippen molar-refractivity contribution in [2.24, 2.45) is 5.92 Å². The Bertz CT molecular complexity index is 3280. The molecule has 40 nitrogen and oxygen atoms in total. The highest BCUT2D eigenvalue weighted by atomic mass is 32.1. The number of amides is 16. The van der Waals surface area contributed by atoms with E-state index in [1.807, 2.05) is 0 Å². The summed E-state index contributed by atoms with van der Waals surface area (Å²) in [6.07, 6.45) is -3.04. The molecule has 1 aromatic carbocycles. The highest BCUT2D eigenvalue weighted by Crippen LogP contribution is 2.14. The van der Waals surface area contributed by atoms with Crippen molar-refractivity contribution < 1.29 is 112 Å². The molecule has 16 atom stereocenters. The summed E-state index contributed by atoms with van der Waals surface area (Å²) in [7, 11) is 0. The zero-order chi connectivity index (χ0) is 80.2. The fraction of sp³-hybridized carbons (Fsp3) is 0.613. The van der Waals surface area contributed by atoms with Crippen molar-refractivity contribution in [2.75, 3.05) is 55.7 Å². The molecule has 0 saturated carbocycles. The van der Waals surface area contributed by atoms with E-state index >= 15 is 0 Å². The topological polar surface area (TPSA) is 613 Å². The van der Waals surface area contributed by atoms with Crippen molar-refractivity contribution in [3.05, 3.63) is 29.8 Å². The van der Waals surface area contributed by atoms with Gasteiger partial charge < -0.3 is 116 Å². The summed E-state index contributed by atoms with van der Waals surface area (Å²) >= 11 is 16.1. The van der Waals surface area contributed by atoms with Crippen molar-refractivity contribution in [3.63, 3.8) is 0 Å². The fourth-order valence-corrected chi connectivity index (χ4v) is 10.4. The number of thiol groups is 4. The van der Waals surface area contributed by atoms with Crippen LogP contribution in [0.25, 0.3) is 0 Å². The van der Waals surface area contributed by atoms with Gasteiger partial charge >= 0.3 is 11.9 Å². The number of hydrogen-bond acceptors (Lipinski definition) is 26. The Morgan fingerprint density at radius 1 is 0.434 bits per heavy atom. The van der Waals surface area contributed by atoms with Crippen molar-refractivity contribution in [2.45, 2.75) is 178 Å². The van der Waals surface area contributed by atoms with E-state index in [1.54, 1.807) is 13.8 Å². The van der Waals surface area contributed by atoms with E-state index in [-0.39, 0.29) is 35.8 Å². The number of aliphatic hydroxyl groups excluding tert-OH is 2. The van der Waals surface area contributed by atoms with Gasteiger partial charge in [-0.05, 0) is 84.0 Å². The second-order valence-electron chi connectivity index (χ2n) is 24.5. The summed E-state index contributed by atoms with van der Waals surface area (Å²) in [6.45, 7) is 6.90. The van der Waals surface area contributed by atoms with Crippen LogP contribution in [0.15, 0.2) is 24.3 Å². The molecular formula is C62H97N17O23S4. The number of carboxylic acid groups (broad SMARTS) is 2. The predicted molar refractivity (Wildman–Crippen MR) is 388 cm³/mol. The van der Waals surface area contributed by atoms with Gasteiger partial charge in [0.05, 0.1) is 44.4 Å². The van der Waals surface area contributed by atoms with Gasteiger partial charge in [0, 0.05) is 35.9 Å². The summed E-state index contributed by atoms with van der Waals surface area (Å²) < 4.78 is 0. The molecular weight excluding hydrogens is 1480 g/mol. The molecule has 1 heterocycles. The number of carbonyl (C=O) groups excluding carboxylic acids is 16. The smallest absolute Gasteiger partial charge is 0.327 e. The van der Waals surface area contributed by atoms with Crippen LogP contribution in [0, 0.1) is 5.92 Å². The first-order valence-corrected chi connectivity index (χ1v) is 35.8. The highest BCUT2D eigenvalue weighted by Gasteiger charge is 2.37. The number of rotatable bonds is 46. The predicted octanol–water partition coefficient (Wildman–Crippen LogP) is -9.49. The normalized spacial score (nSPS) is 16.6. The van der Waals surface area contributed by atoms with Gasteiger partial charge in [0.25, 0.3) is 0 Å². The molecule has 0 aliphatic carbocycles. The molecule has 44 heteroatoms. The van der Waals surface area contributed by atoms with Crippen LogP contribution in [-0.2, 0) is 92.7 Å². The van der Waals surface area contributed by atoms with Crippen LogP contribution < -0.4 is 90.4 Å². The first-order valence-electron chi connectivity index (χ1n) is 33.3. The minimum absolute atomic E-state index is 0.144. The van der Waals surface area contributed by atoms with E-state index in [0.717, 1.165) is 13.3 Å². The van der Waals surface area contributed by atoms with Crippen molar-refractivity contribution in [1.82, 2.24) is 90.4 Å². The Morgan fingerprint density at radius 3 is 1.28 bits per heavy atom. The number of phenolic OH excluding ortho intramolecular Hbond substituents is 1. The van der Waals surface area contributed by atoms with Crippen LogP contribution in [0.1, 0.15) is 86.1 Å². The Balaban J connectivity index is 2.08. The minimum Gasteiger partial charge on any atom is -0.508 e. The monoisotopic (exact) mass is 1580 g/mol. The molecule has 1 saturated heterocycles.